The van der Waals surface area contributed by atoms with Crippen LogP contribution in [-0.4, -0.2) is 34.6 Å². The van der Waals surface area contributed by atoms with E-state index < -0.39 is 35.2 Å². The highest BCUT2D eigenvalue weighted by Gasteiger charge is 2.34. The van der Waals surface area contributed by atoms with Gasteiger partial charge in [0.25, 0.3) is 5.56 Å². The maximum atomic E-state index is 13.6. The van der Waals surface area contributed by atoms with Crippen molar-refractivity contribution in [3.8, 4) is 11.1 Å². The van der Waals surface area contributed by atoms with Gasteiger partial charge in [0.05, 0.1) is 17.5 Å². The lowest BCUT2D eigenvalue weighted by molar-refractivity contribution is -0.140. The number of fused-ring (bicyclic) bond motifs is 1. The standard InChI is InChI=1S/C20H15F5N2O2S/c21-12-3-5-26(8-12)17(28)9-27-6-4-16-18(19(27)29)13(10-30-16)11-1-2-15(22)14(7-11)20(23,24)25/h1-2,4,6-7,10,12H,3,5,8-9H2. The van der Waals surface area contributed by atoms with Gasteiger partial charge in [0.2, 0.25) is 5.91 Å². The van der Waals surface area contributed by atoms with Gasteiger partial charge in [0.15, 0.2) is 0 Å². The van der Waals surface area contributed by atoms with E-state index in [9.17, 15) is 31.5 Å². The molecule has 1 aliphatic rings. The smallest absolute Gasteiger partial charge is 0.338 e. The summed E-state index contributed by atoms with van der Waals surface area (Å²) >= 11 is 1.16. The maximum absolute atomic E-state index is 13.6. The zero-order valence-corrected chi connectivity index (χ0v) is 16.2. The predicted molar refractivity (Wildman–Crippen MR) is 103 cm³/mol. The van der Waals surface area contributed by atoms with Crippen molar-refractivity contribution >= 4 is 27.3 Å². The summed E-state index contributed by atoms with van der Waals surface area (Å²) in [6.45, 7) is -0.0418. The molecule has 4 rings (SSSR count). The number of nitrogens with zero attached hydrogens (tertiary/aromatic N) is 2. The first-order valence-electron chi connectivity index (χ1n) is 9.05. The summed E-state index contributed by atoms with van der Waals surface area (Å²) in [4.78, 5) is 26.7. The maximum Gasteiger partial charge on any atom is 0.419 e. The number of amides is 1. The zero-order valence-electron chi connectivity index (χ0n) is 15.4. The van der Waals surface area contributed by atoms with Gasteiger partial charge in [-0.2, -0.15) is 13.2 Å². The molecular formula is C20H15F5N2O2S. The van der Waals surface area contributed by atoms with E-state index in [1.807, 2.05) is 0 Å². The van der Waals surface area contributed by atoms with Crippen LogP contribution in [0.4, 0.5) is 22.0 Å². The van der Waals surface area contributed by atoms with Crippen molar-refractivity contribution in [3.63, 3.8) is 0 Å². The SMILES string of the molecule is O=C(Cn1ccc2scc(-c3ccc(F)c(C(F)(F)F)c3)c2c1=O)N1CCC(F)C1. The van der Waals surface area contributed by atoms with Crippen molar-refractivity contribution in [1.29, 1.82) is 0 Å². The summed E-state index contributed by atoms with van der Waals surface area (Å²) in [5.74, 6) is -1.81. The normalized spacial score (nSPS) is 17.1. The summed E-state index contributed by atoms with van der Waals surface area (Å²) in [6.07, 6.45) is -4.28. The van der Waals surface area contributed by atoms with Crippen molar-refractivity contribution in [2.24, 2.45) is 0 Å². The lowest BCUT2D eigenvalue weighted by atomic mass is 10.0. The third kappa shape index (κ3) is 3.71. The highest BCUT2D eigenvalue weighted by molar-refractivity contribution is 7.17. The van der Waals surface area contributed by atoms with Crippen LogP contribution in [-0.2, 0) is 17.5 Å². The molecule has 2 aromatic heterocycles. The van der Waals surface area contributed by atoms with Gasteiger partial charge in [-0.3, -0.25) is 9.59 Å². The van der Waals surface area contributed by atoms with E-state index in [-0.39, 0.29) is 42.6 Å². The molecule has 0 bridgehead atoms. The number of carbonyl (C=O) groups is 1. The Balaban J connectivity index is 1.74. The number of aromatic nitrogens is 1. The van der Waals surface area contributed by atoms with Crippen LogP contribution >= 0.6 is 11.3 Å². The molecule has 0 radical (unpaired) electrons. The van der Waals surface area contributed by atoms with Gasteiger partial charge in [-0.25, -0.2) is 8.78 Å². The third-order valence-corrected chi connectivity index (χ3v) is 6.02. The molecular weight excluding hydrogens is 427 g/mol. The van der Waals surface area contributed by atoms with E-state index in [2.05, 4.69) is 0 Å². The van der Waals surface area contributed by atoms with Crippen molar-refractivity contribution in [2.75, 3.05) is 13.1 Å². The minimum Gasteiger partial charge on any atom is -0.338 e. The van der Waals surface area contributed by atoms with Gasteiger partial charge in [0.1, 0.15) is 18.5 Å². The minimum atomic E-state index is -4.87. The number of halogens is 5. The summed E-state index contributed by atoms with van der Waals surface area (Å²) in [5.41, 5.74) is -1.68. The second-order valence-electron chi connectivity index (χ2n) is 7.06. The number of alkyl halides is 4. The van der Waals surface area contributed by atoms with Crippen LogP contribution in [0.2, 0.25) is 0 Å². The lowest BCUT2D eigenvalue weighted by Gasteiger charge is -2.16. The van der Waals surface area contributed by atoms with Crippen LogP contribution in [0, 0.1) is 5.82 Å². The molecule has 30 heavy (non-hydrogen) atoms. The fourth-order valence-electron chi connectivity index (χ4n) is 3.52. The van der Waals surface area contributed by atoms with Crippen molar-refractivity contribution in [1.82, 2.24) is 9.47 Å². The third-order valence-electron chi connectivity index (χ3n) is 5.07. The zero-order chi connectivity index (χ0) is 21.6. The molecule has 0 spiro atoms. The fourth-order valence-corrected chi connectivity index (χ4v) is 4.48. The molecule has 3 heterocycles. The van der Waals surface area contributed by atoms with Gasteiger partial charge in [0, 0.05) is 28.4 Å². The Kier molecular flexibility index (Phi) is 5.13. The van der Waals surface area contributed by atoms with Gasteiger partial charge >= 0.3 is 6.18 Å². The van der Waals surface area contributed by atoms with E-state index in [0.717, 1.165) is 15.9 Å². The molecule has 0 aliphatic carbocycles. The molecule has 1 unspecified atom stereocenters. The summed E-state index contributed by atoms with van der Waals surface area (Å²) in [7, 11) is 0. The molecule has 4 nitrogen and oxygen atoms in total. The molecule has 1 atom stereocenters. The molecule has 1 amide bonds. The Hall–Kier alpha value is -2.75. The first kappa shape index (κ1) is 20.5. The second-order valence-corrected chi connectivity index (χ2v) is 7.97. The van der Waals surface area contributed by atoms with Crippen LogP contribution in [0.5, 0.6) is 0 Å². The first-order chi connectivity index (χ1) is 14.1. The van der Waals surface area contributed by atoms with Crippen LogP contribution in [0.1, 0.15) is 12.0 Å². The number of hydrogen-bond donors (Lipinski definition) is 0. The highest BCUT2D eigenvalue weighted by atomic mass is 32.1. The van der Waals surface area contributed by atoms with E-state index in [4.69, 9.17) is 0 Å². The molecule has 158 valence electrons. The number of likely N-dealkylation sites (tertiary alicyclic amines) is 1. The lowest BCUT2D eigenvalue weighted by Crippen LogP contribution is -2.35. The monoisotopic (exact) mass is 442 g/mol. The van der Waals surface area contributed by atoms with E-state index in [1.54, 1.807) is 6.07 Å². The van der Waals surface area contributed by atoms with Crippen molar-refractivity contribution < 1.29 is 26.7 Å². The van der Waals surface area contributed by atoms with Crippen LogP contribution < -0.4 is 5.56 Å². The van der Waals surface area contributed by atoms with Gasteiger partial charge in [-0.15, -0.1) is 11.3 Å². The number of rotatable bonds is 3. The Labute approximate surface area is 171 Å². The number of benzene rings is 1. The largest absolute Gasteiger partial charge is 0.419 e. The quantitative estimate of drug-likeness (QED) is 0.563. The van der Waals surface area contributed by atoms with Crippen molar-refractivity contribution in [2.45, 2.75) is 25.3 Å². The second kappa shape index (κ2) is 7.50. The topological polar surface area (TPSA) is 42.3 Å². The molecule has 0 saturated carbocycles. The predicted octanol–water partition coefficient (Wildman–Crippen LogP) is 4.46. The van der Waals surface area contributed by atoms with E-state index in [1.165, 1.54) is 22.5 Å². The number of pyridine rings is 1. The van der Waals surface area contributed by atoms with Gasteiger partial charge in [-0.1, -0.05) is 6.07 Å². The van der Waals surface area contributed by atoms with Crippen LogP contribution in [0.15, 0.2) is 40.6 Å². The Morgan fingerprint density at radius 3 is 2.67 bits per heavy atom. The Morgan fingerprint density at radius 2 is 2.00 bits per heavy atom. The summed E-state index contributed by atoms with van der Waals surface area (Å²) in [5, 5.41) is 1.68. The molecule has 10 heteroatoms. The van der Waals surface area contributed by atoms with Crippen LogP contribution in [0.3, 0.4) is 0 Å². The molecule has 1 fully saturated rings. The average molecular weight is 442 g/mol. The number of hydrogen-bond acceptors (Lipinski definition) is 3. The fraction of sp³-hybridized carbons (Fsp3) is 0.300. The van der Waals surface area contributed by atoms with Crippen molar-refractivity contribution in [3.05, 3.63) is 57.6 Å². The highest BCUT2D eigenvalue weighted by Crippen LogP contribution is 2.37. The van der Waals surface area contributed by atoms with Crippen LogP contribution in [0.25, 0.3) is 21.2 Å². The summed E-state index contributed by atoms with van der Waals surface area (Å²) in [6, 6.07) is 4.16. The number of thiophene rings is 1. The first-order valence-corrected chi connectivity index (χ1v) is 9.92. The molecule has 0 N–H and O–H groups in total. The van der Waals surface area contributed by atoms with E-state index >= 15 is 0 Å². The molecule has 1 saturated heterocycles. The summed E-state index contributed by atoms with van der Waals surface area (Å²) < 4.78 is 67.9. The Bertz CT molecular complexity index is 1180. The molecule has 1 aromatic carbocycles. The average Bonchev–Trinajstić information content (AvgIpc) is 3.30. The van der Waals surface area contributed by atoms with Gasteiger partial charge in [-0.05, 0) is 30.2 Å². The molecule has 1 aliphatic heterocycles. The number of carbonyl (C=O) groups excluding carboxylic acids is 1. The minimum absolute atomic E-state index is 0.0185. The Morgan fingerprint density at radius 1 is 1.23 bits per heavy atom. The molecule has 3 aromatic rings. The van der Waals surface area contributed by atoms with E-state index in [0.29, 0.717) is 16.8 Å². The van der Waals surface area contributed by atoms with Gasteiger partial charge < -0.3 is 9.47 Å².